The van der Waals surface area contributed by atoms with Gasteiger partial charge in [-0.05, 0) is 44.7 Å². The highest BCUT2D eigenvalue weighted by atomic mass is 35.5. The first-order chi connectivity index (χ1) is 9.58. The molecule has 2 heterocycles. The van der Waals surface area contributed by atoms with Crippen molar-refractivity contribution in [2.75, 3.05) is 38.5 Å². The van der Waals surface area contributed by atoms with Crippen LogP contribution in [-0.2, 0) is 14.8 Å². The first-order valence-corrected chi connectivity index (χ1v) is 9.14. The van der Waals surface area contributed by atoms with E-state index in [-0.39, 0.29) is 30.5 Å². The molecule has 2 saturated heterocycles. The number of hydrogen-bond acceptors (Lipinski definition) is 4. The van der Waals surface area contributed by atoms with Gasteiger partial charge in [-0.1, -0.05) is 0 Å². The Morgan fingerprint density at radius 1 is 1.33 bits per heavy atom. The largest absolute Gasteiger partial charge is 0.356 e. The monoisotopic (exact) mass is 339 g/mol. The fourth-order valence-electron chi connectivity index (χ4n) is 2.84. The van der Waals surface area contributed by atoms with Crippen LogP contribution in [0.2, 0.25) is 0 Å². The number of nitrogens with zero attached hydrogens (tertiary/aromatic N) is 1. The van der Waals surface area contributed by atoms with Crippen LogP contribution in [0, 0.1) is 5.92 Å². The predicted molar refractivity (Wildman–Crippen MR) is 85.1 cm³/mol. The van der Waals surface area contributed by atoms with E-state index >= 15 is 0 Å². The Bertz CT molecular complexity index is 424. The molecule has 0 aromatic carbocycles. The fourth-order valence-corrected chi connectivity index (χ4v) is 4.37. The summed E-state index contributed by atoms with van der Waals surface area (Å²) < 4.78 is 24.6. The van der Waals surface area contributed by atoms with Crippen molar-refractivity contribution in [3.8, 4) is 0 Å². The quantitative estimate of drug-likeness (QED) is 0.731. The molecule has 0 spiro atoms. The molecule has 0 aromatic rings. The molecule has 6 nitrogen and oxygen atoms in total. The second kappa shape index (κ2) is 8.92. The molecule has 1 amide bonds. The van der Waals surface area contributed by atoms with Gasteiger partial charge in [0, 0.05) is 26.1 Å². The number of hydrogen-bond donors (Lipinski definition) is 2. The molecular weight excluding hydrogens is 314 g/mol. The Kier molecular flexibility index (Phi) is 7.94. The number of rotatable bonds is 6. The van der Waals surface area contributed by atoms with E-state index in [0.717, 1.165) is 19.5 Å². The van der Waals surface area contributed by atoms with Gasteiger partial charge in [0.2, 0.25) is 15.9 Å². The maximum atomic E-state index is 11.7. The zero-order chi connectivity index (χ0) is 14.4. The minimum atomic E-state index is -3.08. The van der Waals surface area contributed by atoms with Crippen molar-refractivity contribution in [2.24, 2.45) is 5.92 Å². The van der Waals surface area contributed by atoms with Crippen LogP contribution in [0.1, 0.15) is 32.1 Å². The molecule has 0 saturated carbocycles. The van der Waals surface area contributed by atoms with E-state index in [1.54, 1.807) is 0 Å². The average molecular weight is 340 g/mol. The van der Waals surface area contributed by atoms with Crippen LogP contribution in [0.15, 0.2) is 0 Å². The Morgan fingerprint density at radius 2 is 2.14 bits per heavy atom. The Morgan fingerprint density at radius 3 is 2.76 bits per heavy atom. The third-order valence-corrected chi connectivity index (χ3v) is 6.02. The maximum Gasteiger partial charge on any atom is 0.221 e. The SMILES string of the molecule is Cl.O=C(CCN1CCCS1(=O)=O)NCCC1CCCNC1. The summed E-state index contributed by atoms with van der Waals surface area (Å²) in [6.07, 6.45) is 4.39. The zero-order valence-corrected chi connectivity index (χ0v) is 14.0. The van der Waals surface area contributed by atoms with E-state index in [2.05, 4.69) is 10.6 Å². The smallest absolute Gasteiger partial charge is 0.221 e. The lowest BCUT2D eigenvalue weighted by Crippen LogP contribution is -2.35. The third-order valence-electron chi connectivity index (χ3n) is 4.07. The molecular formula is C13H26ClN3O3S. The average Bonchev–Trinajstić information content (AvgIpc) is 2.76. The number of piperidine rings is 1. The molecule has 0 radical (unpaired) electrons. The second-order valence-corrected chi connectivity index (χ2v) is 7.76. The van der Waals surface area contributed by atoms with E-state index in [4.69, 9.17) is 0 Å². The molecule has 21 heavy (non-hydrogen) atoms. The van der Waals surface area contributed by atoms with Gasteiger partial charge in [0.1, 0.15) is 0 Å². The molecule has 124 valence electrons. The van der Waals surface area contributed by atoms with Crippen LogP contribution in [0.25, 0.3) is 0 Å². The van der Waals surface area contributed by atoms with Crippen molar-refractivity contribution in [1.29, 1.82) is 0 Å². The van der Waals surface area contributed by atoms with Gasteiger partial charge in [-0.2, -0.15) is 0 Å². The van der Waals surface area contributed by atoms with Crippen LogP contribution >= 0.6 is 12.4 Å². The lowest BCUT2D eigenvalue weighted by atomic mass is 9.96. The van der Waals surface area contributed by atoms with Crippen LogP contribution in [0.5, 0.6) is 0 Å². The molecule has 1 atom stereocenters. The minimum Gasteiger partial charge on any atom is -0.356 e. The van der Waals surface area contributed by atoms with Gasteiger partial charge in [0.25, 0.3) is 0 Å². The number of carbonyl (C=O) groups excluding carboxylic acids is 1. The molecule has 0 aromatic heterocycles. The Balaban J connectivity index is 0.00000220. The van der Waals surface area contributed by atoms with Gasteiger partial charge >= 0.3 is 0 Å². The van der Waals surface area contributed by atoms with Crippen molar-refractivity contribution in [2.45, 2.75) is 32.1 Å². The van der Waals surface area contributed by atoms with E-state index in [1.807, 2.05) is 0 Å². The normalized spacial score (nSPS) is 25.2. The van der Waals surface area contributed by atoms with Crippen molar-refractivity contribution >= 4 is 28.3 Å². The first kappa shape index (κ1) is 18.7. The Labute approximate surface area is 133 Å². The summed E-state index contributed by atoms with van der Waals surface area (Å²) in [4.78, 5) is 11.7. The van der Waals surface area contributed by atoms with Crippen LogP contribution in [0.3, 0.4) is 0 Å². The van der Waals surface area contributed by atoms with E-state index in [9.17, 15) is 13.2 Å². The zero-order valence-electron chi connectivity index (χ0n) is 12.3. The molecule has 0 bridgehead atoms. The van der Waals surface area contributed by atoms with Crippen molar-refractivity contribution in [3.63, 3.8) is 0 Å². The highest BCUT2D eigenvalue weighted by Crippen LogP contribution is 2.14. The predicted octanol–water partition coefficient (Wildman–Crippen LogP) is 0.340. The molecule has 8 heteroatoms. The number of carbonyl (C=O) groups is 1. The summed E-state index contributed by atoms with van der Waals surface area (Å²) >= 11 is 0. The Hall–Kier alpha value is -0.370. The van der Waals surface area contributed by atoms with Gasteiger partial charge in [-0.15, -0.1) is 12.4 Å². The summed E-state index contributed by atoms with van der Waals surface area (Å²) in [5.74, 6) is 0.836. The lowest BCUT2D eigenvalue weighted by Gasteiger charge is -2.22. The summed E-state index contributed by atoms with van der Waals surface area (Å²) in [5.41, 5.74) is 0. The lowest BCUT2D eigenvalue weighted by molar-refractivity contribution is -0.121. The minimum absolute atomic E-state index is 0. The van der Waals surface area contributed by atoms with Crippen LogP contribution in [0.4, 0.5) is 0 Å². The molecule has 2 fully saturated rings. The highest BCUT2D eigenvalue weighted by molar-refractivity contribution is 7.89. The van der Waals surface area contributed by atoms with Crippen LogP contribution in [-0.4, -0.2) is 57.1 Å². The van der Waals surface area contributed by atoms with E-state index in [1.165, 1.54) is 17.1 Å². The molecule has 0 aliphatic carbocycles. The van der Waals surface area contributed by atoms with E-state index < -0.39 is 10.0 Å². The standard InChI is InChI=1S/C13H25N3O3S.ClH/c17-13(5-9-16-8-2-10-20(16,18)19)15-7-4-12-3-1-6-14-11-12;/h12,14H,1-11H2,(H,15,17);1H. The molecule has 2 aliphatic rings. The van der Waals surface area contributed by atoms with Crippen molar-refractivity contribution in [1.82, 2.24) is 14.9 Å². The van der Waals surface area contributed by atoms with E-state index in [0.29, 0.717) is 32.0 Å². The third kappa shape index (κ3) is 6.10. The molecule has 2 aliphatic heterocycles. The maximum absolute atomic E-state index is 11.7. The van der Waals surface area contributed by atoms with Gasteiger partial charge in [0.15, 0.2) is 0 Å². The number of amides is 1. The highest BCUT2D eigenvalue weighted by Gasteiger charge is 2.28. The summed E-state index contributed by atoms with van der Waals surface area (Å²) in [6.45, 7) is 3.72. The fraction of sp³-hybridized carbons (Fsp3) is 0.923. The summed E-state index contributed by atoms with van der Waals surface area (Å²) in [6, 6.07) is 0. The van der Waals surface area contributed by atoms with Gasteiger partial charge in [-0.25, -0.2) is 12.7 Å². The molecule has 2 N–H and O–H groups in total. The molecule has 1 unspecified atom stereocenters. The summed E-state index contributed by atoms with van der Waals surface area (Å²) in [5, 5.41) is 6.25. The summed E-state index contributed by atoms with van der Waals surface area (Å²) in [7, 11) is -3.08. The second-order valence-electron chi connectivity index (χ2n) is 5.67. The van der Waals surface area contributed by atoms with Gasteiger partial charge in [-0.3, -0.25) is 4.79 Å². The van der Waals surface area contributed by atoms with Gasteiger partial charge < -0.3 is 10.6 Å². The van der Waals surface area contributed by atoms with Crippen molar-refractivity contribution in [3.05, 3.63) is 0 Å². The van der Waals surface area contributed by atoms with Crippen LogP contribution < -0.4 is 10.6 Å². The number of halogens is 1. The molecule has 2 rings (SSSR count). The number of nitrogens with one attached hydrogen (secondary N) is 2. The van der Waals surface area contributed by atoms with Gasteiger partial charge in [0.05, 0.1) is 5.75 Å². The van der Waals surface area contributed by atoms with Crippen molar-refractivity contribution < 1.29 is 13.2 Å². The first-order valence-electron chi connectivity index (χ1n) is 7.53. The number of sulfonamides is 1. The topological polar surface area (TPSA) is 78.5 Å².